The summed E-state index contributed by atoms with van der Waals surface area (Å²) in [6.07, 6.45) is 65.9. The third-order valence-corrected chi connectivity index (χ3v) is 14.6. The first-order valence-electron chi connectivity index (χ1n) is 29.5. The van der Waals surface area contributed by atoms with E-state index in [9.17, 15) is 24.3 Å². The van der Waals surface area contributed by atoms with Gasteiger partial charge in [0.25, 0.3) is 0 Å². The van der Waals surface area contributed by atoms with Crippen molar-refractivity contribution in [1.82, 2.24) is 5.32 Å². The fourth-order valence-electron chi connectivity index (χ4n) is 9.65. The molecule has 0 saturated carbocycles. The molecule has 0 fully saturated rings. The number of phosphoric ester groups is 1. The highest BCUT2D eigenvalue weighted by atomic mass is 31.2. The lowest BCUT2D eigenvalue weighted by molar-refractivity contribution is -0.123. The predicted molar refractivity (Wildman–Crippen MR) is 283 cm³/mol. The van der Waals surface area contributed by atoms with Gasteiger partial charge in [-0.15, -0.1) is 0 Å². The summed E-state index contributed by atoms with van der Waals surface area (Å²) in [7, 11) is -4.69. The molecule has 0 aromatic heterocycles. The fourth-order valence-corrected chi connectivity index (χ4v) is 10.0. The van der Waals surface area contributed by atoms with Gasteiger partial charge in [-0.05, 0) is 12.8 Å². The standard InChI is InChI=1S/C57H116NO6P/c1-3-5-7-9-11-13-15-17-19-20-21-22-23-24-25-26-27-28-29-30-31-32-33-34-35-36-37-38-39-41-43-45-47-49-51-53-57(60)58-55(54-64-65(61,62)63)56(59)52-50-48-46-44-42-40-18-16-14-12-10-8-6-4-2/h55-56,59H,3-54H2,1-2H3,(H,58,60)(H2,61,62,63)/t55-,56+/m0/s1. The maximum Gasteiger partial charge on any atom is 0.469 e. The summed E-state index contributed by atoms with van der Waals surface area (Å²) in [6, 6.07) is -0.819. The molecule has 0 rings (SSSR count). The van der Waals surface area contributed by atoms with Gasteiger partial charge in [0.15, 0.2) is 0 Å². The minimum atomic E-state index is -4.69. The van der Waals surface area contributed by atoms with E-state index in [0.29, 0.717) is 12.8 Å². The smallest absolute Gasteiger partial charge is 0.391 e. The Balaban J connectivity index is 3.57. The van der Waals surface area contributed by atoms with E-state index in [1.165, 1.54) is 276 Å². The van der Waals surface area contributed by atoms with Gasteiger partial charge in [-0.3, -0.25) is 9.32 Å². The van der Waals surface area contributed by atoms with Gasteiger partial charge < -0.3 is 20.2 Å². The lowest BCUT2D eigenvalue weighted by Crippen LogP contribution is -2.46. The Hall–Kier alpha value is -0.460. The van der Waals surface area contributed by atoms with E-state index >= 15 is 0 Å². The fraction of sp³-hybridized carbons (Fsp3) is 0.982. The van der Waals surface area contributed by atoms with Crippen LogP contribution in [0.15, 0.2) is 0 Å². The average Bonchev–Trinajstić information content (AvgIpc) is 3.28. The second-order valence-electron chi connectivity index (χ2n) is 20.7. The number of amides is 1. The Morgan fingerprint density at radius 1 is 0.385 bits per heavy atom. The van der Waals surface area contributed by atoms with Gasteiger partial charge in [0.05, 0.1) is 18.8 Å². The Morgan fingerprint density at radius 2 is 0.600 bits per heavy atom. The normalized spacial score (nSPS) is 12.9. The molecule has 0 unspecified atom stereocenters. The quantitative estimate of drug-likeness (QED) is 0.0357. The number of rotatable bonds is 56. The van der Waals surface area contributed by atoms with Crippen LogP contribution in [0.1, 0.15) is 341 Å². The summed E-state index contributed by atoms with van der Waals surface area (Å²) in [5.74, 6) is -0.185. The van der Waals surface area contributed by atoms with Crippen molar-refractivity contribution in [2.75, 3.05) is 6.61 Å². The van der Waals surface area contributed by atoms with Crippen LogP contribution in [-0.2, 0) is 13.9 Å². The van der Waals surface area contributed by atoms with Crippen molar-refractivity contribution in [2.24, 2.45) is 0 Å². The average molecular weight is 943 g/mol. The molecule has 390 valence electrons. The van der Waals surface area contributed by atoms with Crippen molar-refractivity contribution in [1.29, 1.82) is 0 Å². The lowest BCUT2D eigenvalue weighted by atomic mass is 10.0. The molecule has 4 N–H and O–H groups in total. The van der Waals surface area contributed by atoms with Gasteiger partial charge in [-0.2, -0.15) is 0 Å². The van der Waals surface area contributed by atoms with E-state index in [0.717, 1.165) is 38.5 Å². The third kappa shape index (κ3) is 54.3. The SMILES string of the molecule is CCCCCCCCCCCCCCCCCCCCCCCCCCCCCCCCCCCCCC(=O)N[C@@H](COP(=O)(O)O)[C@H](O)CCCCCCCCCCCCCCCC. The summed E-state index contributed by atoms with van der Waals surface area (Å²) in [5, 5.41) is 13.6. The Kier molecular flexibility index (Phi) is 52.5. The molecule has 0 aliphatic carbocycles. The molecule has 0 aromatic rings. The molecule has 0 aromatic carbocycles. The van der Waals surface area contributed by atoms with Crippen molar-refractivity contribution in [3.63, 3.8) is 0 Å². The highest BCUT2D eigenvalue weighted by Crippen LogP contribution is 2.36. The van der Waals surface area contributed by atoms with Crippen LogP contribution in [-0.4, -0.2) is 39.6 Å². The Bertz CT molecular complexity index is 977. The molecule has 1 amide bonds. The number of aliphatic hydroxyl groups is 1. The number of carbonyl (C=O) groups excluding carboxylic acids is 1. The van der Waals surface area contributed by atoms with Crippen LogP contribution in [0, 0.1) is 0 Å². The number of carbonyl (C=O) groups is 1. The first-order chi connectivity index (χ1) is 31.8. The molecule has 8 heteroatoms. The van der Waals surface area contributed by atoms with Crippen molar-refractivity contribution >= 4 is 13.7 Å². The summed E-state index contributed by atoms with van der Waals surface area (Å²) >= 11 is 0. The third-order valence-electron chi connectivity index (χ3n) is 14.1. The number of hydrogen-bond donors (Lipinski definition) is 4. The molecule has 0 spiro atoms. The van der Waals surface area contributed by atoms with Crippen LogP contribution < -0.4 is 5.32 Å². The van der Waals surface area contributed by atoms with Gasteiger partial charge in [0.2, 0.25) is 5.91 Å². The largest absolute Gasteiger partial charge is 0.469 e. The van der Waals surface area contributed by atoms with E-state index in [2.05, 4.69) is 19.2 Å². The van der Waals surface area contributed by atoms with Crippen molar-refractivity contribution < 1.29 is 28.8 Å². The summed E-state index contributed by atoms with van der Waals surface area (Å²) in [6.45, 7) is 4.17. The monoisotopic (exact) mass is 942 g/mol. The first-order valence-corrected chi connectivity index (χ1v) is 31.0. The molecule has 0 aliphatic rings. The first kappa shape index (κ1) is 64.5. The molecule has 0 aliphatic heterocycles. The van der Waals surface area contributed by atoms with Crippen LogP contribution in [0.4, 0.5) is 0 Å². The zero-order chi connectivity index (χ0) is 47.4. The van der Waals surface area contributed by atoms with Crippen molar-refractivity contribution in [2.45, 2.75) is 353 Å². The lowest BCUT2D eigenvalue weighted by Gasteiger charge is -2.24. The topological polar surface area (TPSA) is 116 Å². The van der Waals surface area contributed by atoms with E-state index in [1.54, 1.807) is 0 Å². The Labute approximate surface area is 406 Å². The minimum absolute atomic E-state index is 0.185. The maximum absolute atomic E-state index is 12.7. The zero-order valence-electron chi connectivity index (χ0n) is 43.9. The second-order valence-corrected chi connectivity index (χ2v) is 21.9. The van der Waals surface area contributed by atoms with Crippen LogP contribution in [0.2, 0.25) is 0 Å². The van der Waals surface area contributed by atoms with Gasteiger partial charge in [0, 0.05) is 6.42 Å². The second kappa shape index (κ2) is 52.9. The summed E-state index contributed by atoms with van der Waals surface area (Å²) < 4.78 is 16.1. The molecular weight excluding hydrogens is 826 g/mol. The predicted octanol–water partition coefficient (Wildman–Crippen LogP) is 18.9. The minimum Gasteiger partial charge on any atom is -0.391 e. The number of nitrogens with one attached hydrogen (secondary N) is 1. The number of aliphatic hydroxyl groups excluding tert-OH is 1. The zero-order valence-corrected chi connectivity index (χ0v) is 44.8. The summed E-state index contributed by atoms with van der Waals surface area (Å²) in [5.41, 5.74) is 0. The number of hydrogen-bond acceptors (Lipinski definition) is 4. The molecule has 0 radical (unpaired) electrons. The van der Waals surface area contributed by atoms with Crippen LogP contribution >= 0.6 is 7.82 Å². The van der Waals surface area contributed by atoms with E-state index < -0.39 is 26.6 Å². The van der Waals surface area contributed by atoms with Crippen molar-refractivity contribution in [3.8, 4) is 0 Å². The molecule has 0 heterocycles. The van der Waals surface area contributed by atoms with Gasteiger partial charge >= 0.3 is 7.82 Å². The molecule has 0 bridgehead atoms. The molecule has 7 nitrogen and oxygen atoms in total. The van der Waals surface area contributed by atoms with Crippen LogP contribution in [0.5, 0.6) is 0 Å². The number of unbranched alkanes of at least 4 members (excludes halogenated alkanes) is 47. The molecule has 2 atom stereocenters. The van der Waals surface area contributed by atoms with Gasteiger partial charge in [-0.25, -0.2) is 4.57 Å². The van der Waals surface area contributed by atoms with Crippen LogP contribution in [0.3, 0.4) is 0 Å². The highest BCUT2D eigenvalue weighted by molar-refractivity contribution is 7.46. The molecule has 65 heavy (non-hydrogen) atoms. The molecule has 0 saturated heterocycles. The molecular formula is C57H116NO6P. The van der Waals surface area contributed by atoms with E-state index in [4.69, 9.17) is 4.52 Å². The Morgan fingerprint density at radius 3 is 0.831 bits per heavy atom. The summed E-state index contributed by atoms with van der Waals surface area (Å²) in [4.78, 5) is 31.1. The van der Waals surface area contributed by atoms with E-state index in [1.807, 2.05) is 0 Å². The van der Waals surface area contributed by atoms with Crippen LogP contribution in [0.25, 0.3) is 0 Å². The van der Waals surface area contributed by atoms with Gasteiger partial charge in [-0.1, -0.05) is 322 Å². The highest BCUT2D eigenvalue weighted by Gasteiger charge is 2.25. The van der Waals surface area contributed by atoms with E-state index in [-0.39, 0.29) is 5.91 Å². The van der Waals surface area contributed by atoms with Gasteiger partial charge in [0.1, 0.15) is 0 Å². The van der Waals surface area contributed by atoms with Crippen molar-refractivity contribution in [3.05, 3.63) is 0 Å². The number of phosphoric acid groups is 1. The maximum atomic E-state index is 12.7.